The molecule has 0 atom stereocenters. The molecular formula is C14H10ClFN2O6S. The van der Waals surface area contributed by atoms with E-state index >= 15 is 0 Å². The Hall–Kier alpha value is -2.72. The zero-order valence-corrected chi connectivity index (χ0v) is 14.1. The van der Waals surface area contributed by atoms with Crippen molar-refractivity contribution in [3.8, 4) is 11.5 Å². The number of nitro groups is 1. The highest BCUT2D eigenvalue weighted by atomic mass is 35.5. The van der Waals surface area contributed by atoms with Crippen molar-refractivity contribution in [1.29, 1.82) is 0 Å². The summed E-state index contributed by atoms with van der Waals surface area (Å²) in [5.74, 6) is -1.76. The van der Waals surface area contributed by atoms with Crippen LogP contribution < -0.4 is 9.46 Å². The molecule has 0 heterocycles. The summed E-state index contributed by atoms with van der Waals surface area (Å²) in [6, 6.07) is 6.47. The Morgan fingerprint density at radius 2 is 1.96 bits per heavy atom. The maximum atomic E-state index is 13.0. The Kier molecular flexibility index (Phi) is 5.24. The van der Waals surface area contributed by atoms with Gasteiger partial charge in [0.2, 0.25) is 10.0 Å². The van der Waals surface area contributed by atoms with Crippen molar-refractivity contribution in [2.45, 2.75) is 0 Å². The van der Waals surface area contributed by atoms with Gasteiger partial charge in [0, 0.05) is 12.1 Å². The summed E-state index contributed by atoms with van der Waals surface area (Å²) in [5, 5.41) is 11.0. The van der Waals surface area contributed by atoms with Crippen molar-refractivity contribution in [3.05, 3.63) is 62.9 Å². The maximum Gasteiger partial charge on any atom is 0.282 e. The van der Waals surface area contributed by atoms with Crippen LogP contribution in [0.5, 0.6) is 11.5 Å². The summed E-state index contributed by atoms with van der Waals surface area (Å²) in [7, 11) is -3.92. The molecule has 0 saturated carbocycles. The first-order valence-corrected chi connectivity index (χ1v) is 8.77. The lowest BCUT2D eigenvalue weighted by molar-refractivity contribution is -0.385. The summed E-state index contributed by atoms with van der Waals surface area (Å²) in [6.07, 6.45) is 0.732. The van der Waals surface area contributed by atoms with E-state index in [0.29, 0.717) is 0 Å². The number of nitro benzene ring substituents is 1. The largest absolute Gasteiger partial charge is 0.456 e. The molecule has 2 aromatic carbocycles. The van der Waals surface area contributed by atoms with E-state index in [0.717, 1.165) is 30.5 Å². The first-order valence-electron chi connectivity index (χ1n) is 6.50. The number of rotatable bonds is 5. The first-order chi connectivity index (χ1) is 11.6. The Bertz CT molecular complexity index is 964. The number of hydrogen-bond acceptors (Lipinski definition) is 6. The van der Waals surface area contributed by atoms with Gasteiger partial charge >= 0.3 is 0 Å². The number of benzene rings is 2. The zero-order chi connectivity index (χ0) is 18.8. The van der Waals surface area contributed by atoms with Gasteiger partial charge in [-0.25, -0.2) is 17.5 Å². The van der Waals surface area contributed by atoms with E-state index in [1.165, 1.54) is 12.1 Å². The van der Waals surface area contributed by atoms with Gasteiger partial charge in [0.15, 0.2) is 0 Å². The number of amides is 1. The molecule has 2 rings (SSSR count). The molecule has 1 N–H and O–H groups in total. The van der Waals surface area contributed by atoms with Gasteiger partial charge in [-0.2, -0.15) is 0 Å². The second-order valence-electron chi connectivity index (χ2n) is 4.82. The highest BCUT2D eigenvalue weighted by Crippen LogP contribution is 2.32. The minimum Gasteiger partial charge on any atom is -0.456 e. The van der Waals surface area contributed by atoms with Crippen molar-refractivity contribution >= 4 is 33.2 Å². The molecule has 2 aromatic rings. The molecule has 0 saturated heterocycles. The minimum atomic E-state index is -3.92. The van der Waals surface area contributed by atoms with Crippen LogP contribution in [0.2, 0.25) is 5.02 Å². The summed E-state index contributed by atoms with van der Waals surface area (Å²) in [6.45, 7) is 0. The van der Waals surface area contributed by atoms with Crippen molar-refractivity contribution in [3.63, 3.8) is 0 Å². The van der Waals surface area contributed by atoms with Gasteiger partial charge in [0.25, 0.3) is 11.6 Å². The fourth-order valence-electron chi connectivity index (χ4n) is 1.83. The van der Waals surface area contributed by atoms with Crippen LogP contribution in [-0.4, -0.2) is 25.5 Å². The number of sulfonamides is 1. The molecule has 0 bridgehead atoms. The fourth-order valence-corrected chi connectivity index (χ4v) is 2.48. The summed E-state index contributed by atoms with van der Waals surface area (Å²) in [4.78, 5) is 22.2. The second kappa shape index (κ2) is 7.03. The minimum absolute atomic E-state index is 0.0299. The van der Waals surface area contributed by atoms with Crippen LogP contribution in [-0.2, 0) is 10.0 Å². The molecule has 0 aliphatic heterocycles. The molecule has 25 heavy (non-hydrogen) atoms. The van der Waals surface area contributed by atoms with E-state index in [2.05, 4.69) is 0 Å². The number of carbonyl (C=O) groups excluding carboxylic acids is 1. The Balaban J connectivity index is 2.43. The van der Waals surface area contributed by atoms with Crippen LogP contribution in [0.25, 0.3) is 0 Å². The molecule has 0 aliphatic rings. The van der Waals surface area contributed by atoms with E-state index in [9.17, 15) is 27.7 Å². The smallest absolute Gasteiger partial charge is 0.282 e. The van der Waals surface area contributed by atoms with Crippen molar-refractivity contribution in [1.82, 2.24) is 4.72 Å². The topological polar surface area (TPSA) is 116 Å². The lowest BCUT2D eigenvalue weighted by Crippen LogP contribution is -2.29. The molecule has 0 aliphatic carbocycles. The monoisotopic (exact) mass is 388 g/mol. The molecule has 0 aromatic heterocycles. The van der Waals surface area contributed by atoms with Crippen LogP contribution in [0.1, 0.15) is 10.4 Å². The second-order valence-corrected chi connectivity index (χ2v) is 6.97. The van der Waals surface area contributed by atoms with E-state index in [-0.39, 0.29) is 16.5 Å². The molecule has 132 valence electrons. The van der Waals surface area contributed by atoms with E-state index in [4.69, 9.17) is 16.3 Å². The summed E-state index contributed by atoms with van der Waals surface area (Å²) in [5.41, 5.74) is -1.13. The molecule has 11 heteroatoms. The fraction of sp³-hybridized carbons (Fsp3) is 0.0714. The SMILES string of the molecule is CS(=O)(=O)NC(=O)c1cc(Oc2ccc(F)cc2Cl)ccc1[N+](=O)[O-]. The molecule has 0 spiro atoms. The number of ether oxygens (including phenoxy) is 1. The van der Waals surface area contributed by atoms with E-state index in [1.807, 2.05) is 0 Å². The Labute approximate surface area is 146 Å². The number of halogens is 2. The average molecular weight is 389 g/mol. The first kappa shape index (κ1) is 18.6. The average Bonchev–Trinajstić information content (AvgIpc) is 2.48. The number of nitrogens with one attached hydrogen (secondary N) is 1. The van der Waals surface area contributed by atoms with E-state index < -0.39 is 37.9 Å². The number of carbonyl (C=O) groups is 1. The van der Waals surface area contributed by atoms with Crippen LogP contribution in [0.15, 0.2) is 36.4 Å². The molecule has 0 radical (unpaired) electrons. The van der Waals surface area contributed by atoms with Gasteiger partial charge in [0.05, 0.1) is 16.2 Å². The van der Waals surface area contributed by atoms with Gasteiger partial charge in [-0.3, -0.25) is 14.9 Å². The highest BCUT2D eigenvalue weighted by Gasteiger charge is 2.23. The molecular weight excluding hydrogens is 379 g/mol. The number of nitrogens with zero attached hydrogens (tertiary/aromatic N) is 1. The predicted molar refractivity (Wildman–Crippen MR) is 86.9 cm³/mol. The quantitative estimate of drug-likeness (QED) is 0.622. The third kappa shape index (κ3) is 4.88. The number of hydrogen-bond donors (Lipinski definition) is 1. The zero-order valence-electron chi connectivity index (χ0n) is 12.5. The third-order valence-corrected chi connectivity index (χ3v) is 3.66. The maximum absolute atomic E-state index is 13.0. The van der Waals surface area contributed by atoms with Crippen LogP contribution in [0, 0.1) is 15.9 Å². The lowest BCUT2D eigenvalue weighted by Gasteiger charge is -2.09. The van der Waals surface area contributed by atoms with Crippen LogP contribution in [0.4, 0.5) is 10.1 Å². The van der Waals surface area contributed by atoms with E-state index in [1.54, 1.807) is 4.72 Å². The van der Waals surface area contributed by atoms with Gasteiger partial charge < -0.3 is 4.74 Å². The van der Waals surface area contributed by atoms with Crippen molar-refractivity contribution < 1.29 is 27.3 Å². The normalized spacial score (nSPS) is 11.0. The van der Waals surface area contributed by atoms with Gasteiger partial charge in [0.1, 0.15) is 22.9 Å². The van der Waals surface area contributed by atoms with Crippen LogP contribution in [0.3, 0.4) is 0 Å². The van der Waals surface area contributed by atoms with Crippen LogP contribution >= 0.6 is 11.6 Å². The third-order valence-electron chi connectivity index (χ3n) is 2.81. The molecule has 1 amide bonds. The standard InChI is InChI=1S/C14H10ClFN2O6S/c1-25(22,23)17-14(19)10-7-9(3-4-12(10)18(20)21)24-13-5-2-8(16)6-11(13)15/h2-7H,1H3,(H,17,19). The Morgan fingerprint density at radius 3 is 2.52 bits per heavy atom. The van der Waals surface area contributed by atoms with Crippen molar-refractivity contribution in [2.24, 2.45) is 0 Å². The summed E-state index contributed by atoms with van der Waals surface area (Å²) >= 11 is 5.82. The molecule has 0 unspecified atom stereocenters. The lowest BCUT2D eigenvalue weighted by atomic mass is 10.1. The summed E-state index contributed by atoms with van der Waals surface area (Å²) < 4.78 is 42.4. The molecule has 0 fully saturated rings. The predicted octanol–water partition coefficient (Wildman–Crippen LogP) is 2.87. The Morgan fingerprint density at radius 1 is 1.28 bits per heavy atom. The highest BCUT2D eigenvalue weighted by molar-refractivity contribution is 7.89. The van der Waals surface area contributed by atoms with Gasteiger partial charge in [-0.05, 0) is 24.3 Å². The van der Waals surface area contributed by atoms with Gasteiger partial charge in [-0.15, -0.1) is 0 Å². The van der Waals surface area contributed by atoms with Crippen molar-refractivity contribution in [2.75, 3.05) is 6.26 Å². The van der Waals surface area contributed by atoms with Gasteiger partial charge in [-0.1, -0.05) is 11.6 Å². The molecule has 8 nitrogen and oxygen atoms in total.